The van der Waals surface area contributed by atoms with Gasteiger partial charge in [0.25, 0.3) is 0 Å². The van der Waals surface area contributed by atoms with Gasteiger partial charge in [-0.15, -0.1) is 0 Å². The lowest BCUT2D eigenvalue weighted by Gasteiger charge is -2.22. The second-order valence-corrected chi connectivity index (χ2v) is 6.05. The summed E-state index contributed by atoms with van der Waals surface area (Å²) in [6, 6.07) is 0. The number of nitrogens with zero attached hydrogens (tertiary/aromatic N) is 2. The summed E-state index contributed by atoms with van der Waals surface area (Å²) in [5.74, 6) is 2.07. The van der Waals surface area contributed by atoms with Crippen molar-refractivity contribution in [3.8, 4) is 0 Å². The van der Waals surface area contributed by atoms with E-state index in [0.717, 1.165) is 12.4 Å². The van der Waals surface area contributed by atoms with E-state index in [9.17, 15) is 0 Å². The highest BCUT2D eigenvalue weighted by Crippen LogP contribution is 2.37. The molecule has 0 radical (unpaired) electrons. The van der Waals surface area contributed by atoms with Crippen LogP contribution < -0.4 is 5.32 Å². The van der Waals surface area contributed by atoms with E-state index in [1.807, 2.05) is 11.8 Å². The van der Waals surface area contributed by atoms with Crippen LogP contribution in [0.5, 0.6) is 0 Å². The third-order valence-electron chi connectivity index (χ3n) is 2.56. The maximum atomic E-state index is 5.66. The fourth-order valence-electron chi connectivity index (χ4n) is 1.66. The largest absolute Gasteiger partial charge is 0.367 e. The summed E-state index contributed by atoms with van der Waals surface area (Å²) in [6.45, 7) is 3.23. The minimum Gasteiger partial charge on any atom is -0.367 e. The molecule has 0 bridgehead atoms. The van der Waals surface area contributed by atoms with Crippen molar-refractivity contribution in [1.82, 2.24) is 9.97 Å². The molecule has 1 atom stereocenters. The standard InChI is InChI=1S/C10H14ClN3S/c1-10(3-2-4-15-10)7-14-9-6-12-8(11)5-13-9/h5-6H,2-4,7H2,1H3,(H,13,14). The smallest absolute Gasteiger partial charge is 0.147 e. The highest BCUT2D eigenvalue weighted by atomic mass is 35.5. The van der Waals surface area contributed by atoms with Crippen LogP contribution in [-0.2, 0) is 0 Å². The first-order valence-electron chi connectivity index (χ1n) is 5.03. The van der Waals surface area contributed by atoms with E-state index in [1.54, 1.807) is 12.4 Å². The summed E-state index contributed by atoms with van der Waals surface area (Å²) in [4.78, 5) is 8.14. The van der Waals surface area contributed by atoms with Crippen molar-refractivity contribution in [2.24, 2.45) is 0 Å². The molecule has 82 valence electrons. The Labute approximate surface area is 99.0 Å². The van der Waals surface area contributed by atoms with E-state index in [0.29, 0.717) is 9.90 Å². The van der Waals surface area contributed by atoms with Crippen LogP contribution in [-0.4, -0.2) is 27.0 Å². The summed E-state index contributed by atoms with van der Waals surface area (Å²) in [5, 5.41) is 3.73. The van der Waals surface area contributed by atoms with Gasteiger partial charge in [-0.25, -0.2) is 9.97 Å². The molecule has 5 heteroatoms. The molecule has 1 aromatic heterocycles. The van der Waals surface area contributed by atoms with Gasteiger partial charge in [0.2, 0.25) is 0 Å². The molecule has 0 aromatic carbocycles. The topological polar surface area (TPSA) is 37.8 Å². The predicted molar refractivity (Wildman–Crippen MR) is 65.6 cm³/mol. The first-order valence-corrected chi connectivity index (χ1v) is 6.40. The molecule has 3 nitrogen and oxygen atoms in total. The zero-order valence-corrected chi connectivity index (χ0v) is 10.2. The molecule has 1 fully saturated rings. The van der Waals surface area contributed by atoms with Crippen molar-refractivity contribution in [1.29, 1.82) is 0 Å². The summed E-state index contributed by atoms with van der Waals surface area (Å²) in [7, 11) is 0. The first kappa shape index (κ1) is 11.0. The monoisotopic (exact) mass is 243 g/mol. The van der Waals surface area contributed by atoms with Crippen LogP contribution >= 0.6 is 23.4 Å². The molecule has 0 aliphatic carbocycles. The molecular weight excluding hydrogens is 230 g/mol. The fourth-order valence-corrected chi connectivity index (χ4v) is 3.00. The lowest BCUT2D eigenvalue weighted by molar-refractivity contribution is 0.633. The van der Waals surface area contributed by atoms with Crippen molar-refractivity contribution >= 4 is 29.2 Å². The number of hydrogen-bond acceptors (Lipinski definition) is 4. The average Bonchev–Trinajstić information content (AvgIpc) is 2.65. The maximum absolute atomic E-state index is 5.66. The maximum Gasteiger partial charge on any atom is 0.147 e. The van der Waals surface area contributed by atoms with Gasteiger partial charge in [-0.3, -0.25) is 0 Å². The quantitative estimate of drug-likeness (QED) is 0.886. The lowest BCUT2D eigenvalue weighted by Crippen LogP contribution is -2.27. The van der Waals surface area contributed by atoms with Gasteiger partial charge < -0.3 is 5.32 Å². The van der Waals surface area contributed by atoms with Gasteiger partial charge in [-0.2, -0.15) is 11.8 Å². The first-order chi connectivity index (χ1) is 7.18. The minimum atomic E-state index is 0.349. The molecule has 0 spiro atoms. The highest BCUT2D eigenvalue weighted by Gasteiger charge is 2.29. The molecule has 1 aliphatic heterocycles. The second kappa shape index (κ2) is 4.58. The Morgan fingerprint density at radius 1 is 1.53 bits per heavy atom. The Hall–Kier alpha value is -0.480. The van der Waals surface area contributed by atoms with Crippen LogP contribution in [0.25, 0.3) is 0 Å². The molecule has 1 aromatic rings. The van der Waals surface area contributed by atoms with Gasteiger partial charge in [0, 0.05) is 11.3 Å². The van der Waals surface area contributed by atoms with Crippen molar-refractivity contribution in [2.75, 3.05) is 17.6 Å². The number of aromatic nitrogens is 2. The van der Waals surface area contributed by atoms with Crippen LogP contribution in [0.1, 0.15) is 19.8 Å². The molecule has 1 N–H and O–H groups in total. The number of hydrogen-bond donors (Lipinski definition) is 1. The van der Waals surface area contributed by atoms with E-state index >= 15 is 0 Å². The number of rotatable bonds is 3. The molecule has 0 saturated carbocycles. The third-order valence-corrected chi connectivity index (χ3v) is 4.30. The lowest BCUT2D eigenvalue weighted by atomic mass is 10.1. The number of nitrogens with one attached hydrogen (secondary N) is 1. The Morgan fingerprint density at radius 3 is 3.00 bits per heavy atom. The van der Waals surface area contributed by atoms with Gasteiger partial charge in [0.05, 0.1) is 12.4 Å². The highest BCUT2D eigenvalue weighted by molar-refractivity contribution is 8.00. The number of anilines is 1. The fraction of sp³-hybridized carbons (Fsp3) is 0.600. The zero-order valence-electron chi connectivity index (χ0n) is 8.66. The van der Waals surface area contributed by atoms with Crippen molar-refractivity contribution in [2.45, 2.75) is 24.5 Å². The van der Waals surface area contributed by atoms with Gasteiger partial charge in [-0.1, -0.05) is 11.6 Å². The number of thioether (sulfide) groups is 1. The van der Waals surface area contributed by atoms with E-state index in [1.165, 1.54) is 18.6 Å². The average molecular weight is 244 g/mol. The van der Waals surface area contributed by atoms with Crippen molar-refractivity contribution in [3.05, 3.63) is 17.5 Å². The summed E-state index contributed by atoms with van der Waals surface area (Å²) in [5.41, 5.74) is 0. The van der Waals surface area contributed by atoms with E-state index < -0.39 is 0 Å². The summed E-state index contributed by atoms with van der Waals surface area (Å²) < 4.78 is 0.349. The van der Waals surface area contributed by atoms with Gasteiger partial charge >= 0.3 is 0 Å². The molecule has 2 rings (SSSR count). The molecule has 1 unspecified atom stereocenters. The Morgan fingerprint density at radius 2 is 2.40 bits per heavy atom. The normalized spacial score (nSPS) is 25.5. The molecule has 0 amide bonds. The predicted octanol–water partition coefficient (Wildman–Crippen LogP) is 2.83. The molecule has 15 heavy (non-hydrogen) atoms. The van der Waals surface area contributed by atoms with E-state index in [2.05, 4.69) is 22.2 Å². The SMILES string of the molecule is CC1(CNc2cnc(Cl)cn2)CCCS1. The molecule has 1 saturated heterocycles. The summed E-state index contributed by atoms with van der Waals surface area (Å²) >= 11 is 7.69. The van der Waals surface area contributed by atoms with Crippen LogP contribution in [0.2, 0.25) is 5.15 Å². The Balaban J connectivity index is 1.90. The Kier molecular flexibility index (Phi) is 3.36. The van der Waals surface area contributed by atoms with Gasteiger partial charge in [0.1, 0.15) is 11.0 Å². The number of halogens is 1. The zero-order chi connectivity index (χ0) is 10.7. The van der Waals surface area contributed by atoms with Crippen molar-refractivity contribution in [3.63, 3.8) is 0 Å². The molecule has 2 heterocycles. The van der Waals surface area contributed by atoms with Gasteiger partial charge in [-0.05, 0) is 25.5 Å². The molecular formula is C10H14ClN3S. The minimum absolute atomic E-state index is 0.349. The van der Waals surface area contributed by atoms with Gasteiger partial charge in [0.15, 0.2) is 0 Å². The second-order valence-electron chi connectivity index (χ2n) is 3.98. The van der Waals surface area contributed by atoms with E-state index in [4.69, 9.17) is 11.6 Å². The Bertz CT molecular complexity index is 322. The van der Waals surface area contributed by atoms with Crippen molar-refractivity contribution < 1.29 is 0 Å². The van der Waals surface area contributed by atoms with Crippen LogP contribution in [0.3, 0.4) is 0 Å². The van der Waals surface area contributed by atoms with Crippen LogP contribution in [0.15, 0.2) is 12.4 Å². The molecule has 1 aliphatic rings. The van der Waals surface area contributed by atoms with Crippen LogP contribution in [0.4, 0.5) is 5.82 Å². The third kappa shape index (κ3) is 2.98. The summed E-state index contributed by atoms with van der Waals surface area (Å²) in [6.07, 6.45) is 5.82. The van der Waals surface area contributed by atoms with Crippen LogP contribution in [0, 0.1) is 0 Å². The van der Waals surface area contributed by atoms with E-state index in [-0.39, 0.29) is 0 Å².